The number of nitrogens with one attached hydrogen (secondary N) is 5. The predicted molar refractivity (Wildman–Crippen MR) is 199 cm³/mol. The molecule has 11 nitrogen and oxygen atoms in total. The van der Waals surface area contributed by atoms with Gasteiger partial charge >= 0.3 is 0 Å². The van der Waals surface area contributed by atoms with Crippen molar-refractivity contribution in [2.45, 2.75) is 44.9 Å². The predicted octanol–water partition coefficient (Wildman–Crippen LogP) is 5.54. The topological polar surface area (TPSA) is 168 Å². The summed E-state index contributed by atoms with van der Waals surface area (Å²) < 4.78 is 5.72. The van der Waals surface area contributed by atoms with Crippen LogP contribution in [-0.4, -0.2) is 52.6 Å². The molecule has 1 amide bonds. The maximum atomic E-state index is 12.6. The van der Waals surface area contributed by atoms with Crippen LogP contribution in [0.5, 0.6) is 11.5 Å². The molecule has 51 heavy (non-hydrogen) atoms. The molecule has 1 aliphatic heterocycles. The fourth-order valence-electron chi connectivity index (χ4n) is 6.18. The number of fused-ring (bicyclic) bond motifs is 1. The monoisotopic (exact) mass is 693 g/mol. The zero-order chi connectivity index (χ0) is 36.0. The number of aliphatic hydroxyl groups excluding tert-OH is 1. The number of ether oxygens (including phenoxy) is 1. The number of phenolic OH excluding ortho intramolecular Hbond substituents is 1. The standard InChI is InChI=1S/C33H32N4O6.C7H15N/c38-28-14-12-26(27-13-15-30(40)36-33(27)28)29(39)19-34-18-21-6-4-10-24(16-21)35-31(41)20-43-25-11-5-9-23(17-25)32(37-42)22-7-2-1-3-8-22;1-2-7-3-5-8-6-4-7/h1-17,29,32,34,37-39,42H,18-20H2,(H,35,41)(H,36,40);7-8H,2-6H2,1H3. The van der Waals surface area contributed by atoms with Gasteiger partial charge in [-0.05, 0) is 90.5 Å². The Balaban J connectivity index is 0.000000556. The van der Waals surface area contributed by atoms with Crippen molar-refractivity contribution < 1.29 is 25.0 Å². The van der Waals surface area contributed by atoms with Crippen LogP contribution >= 0.6 is 0 Å². The molecule has 0 aliphatic carbocycles. The number of carbonyl (C=O) groups is 1. The van der Waals surface area contributed by atoms with Crippen molar-refractivity contribution in [2.24, 2.45) is 5.92 Å². The van der Waals surface area contributed by atoms with E-state index in [2.05, 4.69) is 33.3 Å². The van der Waals surface area contributed by atoms with Crippen LogP contribution < -0.4 is 31.7 Å². The SMILES string of the molecule is CCC1CCNCC1.O=C(COc1cccc(C(NO)c2ccccc2)c1)Nc1cccc(CNCC(O)c2ccc(O)c3[nH]c(=O)ccc23)c1. The molecule has 4 aromatic carbocycles. The molecule has 11 heteroatoms. The van der Waals surface area contributed by atoms with E-state index in [9.17, 15) is 25.0 Å². The van der Waals surface area contributed by atoms with E-state index in [0.717, 1.165) is 22.6 Å². The van der Waals surface area contributed by atoms with Crippen molar-refractivity contribution in [1.82, 2.24) is 21.1 Å². The van der Waals surface area contributed by atoms with Gasteiger partial charge in [0.05, 0.1) is 17.7 Å². The summed E-state index contributed by atoms with van der Waals surface area (Å²) in [5.41, 5.74) is 6.00. The average molecular weight is 694 g/mol. The van der Waals surface area contributed by atoms with Gasteiger partial charge in [0.25, 0.3) is 5.91 Å². The van der Waals surface area contributed by atoms with E-state index in [1.54, 1.807) is 36.4 Å². The number of aromatic hydroxyl groups is 1. The minimum atomic E-state index is -0.885. The van der Waals surface area contributed by atoms with Crippen molar-refractivity contribution in [2.75, 3.05) is 31.6 Å². The van der Waals surface area contributed by atoms with Gasteiger partial charge in [0, 0.05) is 30.2 Å². The lowest BCUT2D eigenvalue weighted by molar-refractivity contribution is -0.118. The van der Waals surface area contributed by atoms with Crippen LogP contribution in [0.4, 0.5) is 5.69 Å². The molecule has 8 N–H and O–H groups in total. The number of piperidine rings is 1. The van der Waals surface area contributed by atoms with Gasteiger partial charge in [-0.15, -0.1) is 0 Å². The number of aliphatic hydroxyl groups is 1. The molecule has 0 spiro atoms. The normalized spacial score (nSPS) is 14.3. The van der Waals surface area contributed by atoms with Crippen LogP contribution in [0.1, 0.15) is 60.6 Å². The van der Waals surface area contributed by atoms with Gasteiger partial charge in [0.1, 0.15) is 11.5 Å². The number of anilines is 1. The van der Waals surface area contributed by atoms with Crippen LogP contribution in [0, 0.1) is 5.92 Å². The van der Waals surface area contributed by atoms with Crippen LogP contribution in [0.15, 0.2) is 108 Å². The highest BCUT2D eigenvalue weighted by Crippen LogP contribution is 2.29. The molecular weight excluding hydrogens is 646 g/mol. The number of hydroxylamine groups is 1. The first-order valence-electron chi connectivity index (χ1n) is 17.3. The van der Waals surface area contributed by atoms with Crippen LogP contribution in [-0.2, 0) is 11.3 Å². The Morgan fingerprint density at radius 1 is 0.922 bits per heavy atom. The van der Waals surface area contributed by atoms with Gasteiger partial charge in [0.15, 0.2) is 6.61 Å². The second-order valence-electron chi connectivity index (χ2n) is 12.6. The van der Waals surface area contributed by atoms with Gasteiger partial charge in [-0.25, -0.2) is 0 Å². The van der Waals surface area contributed by atoms with Gasteiger partial charge < -0.3 is 41.1 Å². The molecule has 2 unspecified atom stereocenters. The summed E-state index contributed by atoms with van der Waals surface area (Å²) in [5.74, 6) is 1.12. The zero-order valence-corrected chi connectivity index (χ0v) is 28.8. The number of rotatable bonds is 13. The number of hydrogen-bond acceptors (Lipinski definition) is 9. The molecule has 2 heterocycles. The number of H-pyrrole nitrogens is 1. The summed E-state index contributed by atoms with van der Waals surface area (Å²) in [6.45, 7) is 5.23. The molecule has 0 bridgehead atoms. The lowest BCUT2D eigenvalue weighted by Crippen LogP contribution is -2.27. The highest BCUT2D eigenvalue weighted by molar-refractivity contribution is 5.92. The minimum Gasteiger partial charge on any atom is -0.506 e. The van der Waals surface area contributed by atoms with Crippen molar-refractivity contribution in [3.8, 4) is 11.5 Å². The van der Waals surface area contributed by atoms with E-state index >= 15 is 0 Å². The van der Waals surface area contributed by atoms with E-state index in [-0.39, 0.29) is 35.9 Å². The molecule has 1 saturated heterocycles. The maximum absolute atomic E-state index is 12.6. The number of aromatic amines is 1. The number of benzene rings is 4. The Bertz CT molecular complexity index is 1910. The third-order valence-electron chi connectivity index (χ3n) is 9.00. The molecule has 0 saturated carbocycles. The average Bonchev–Trinajstić information content (AvgIpc) is 3.16. The quantitative estimate of drug-likeness (QED) is 0.0739. The Labute approximate surface area is 297 Å². The van der Waals surface area contributed by atoms with Crippen molar-refractivity contribution in [1.29, 1.82) is 0 Å². The summed E-state index contributed by atoms with van der Waals surface area (Å²) in [6.07, 6.45) is 3.29. The number of hydrogen-bond donors (Lipinski definition) is 8. The van der Waals surface area contributed by atoms with E-state index in [1.807, 2.05) is 54.6 Å². The van der Waals surface area contributed by atoms with Crippen molar-refractivity contribution in [3.05, 3.63) is 136 Å². The van der Waals surface area contributed by atoms with Crippen LogP contribution in [0.2, 0.25) is 0 Å². The molecule has 268 valence electrons. The third kappa shape index (κ3) is 10.7. The third-order valence-corrected chi connectivity index (χ3v) is 9.00. The number of pyridine rings is 1. The Morgan fingerprint density at radius 2 is 1.69 bits per heavy atom. The summed E-state index contributed by atoms with van der Waals surface area (Å²) in [6, 6.07) is 29.6. The highest BCUT2D eigenvalue weighted by Gasteiger charge is 2.16. The summed E-state index contributed by atoms with van der Waals surface area (Å²) >= 11 is 0. The van der Waals surface area contributed by atoms with Crippen molar-refractivity contribution in [3.63, 3.8) is 0 Å². The molecule has 1 aliphatic rings. The van der Waals surface area contributed by atoms with Crippen LogP contribution in [0.3, 0.4) is 0 Å². The summed E-state index contributed by atoms with van der Waals surface area (Å²) in [4.78, 5) is 26.9. The fraction of sp³-hybridized carbons (Fsp3) is 0.300. The lowest BCUT2D eigenvalue weighted by Gasteiger charge is -2.20. The number of amides is 1. The second-order valence-corrected chi connectivity index (χ2v) is 12.6. The van der Waals surface area contributed by atoms with Crippen LogP contribution in [0.25, 0.3) is 10.9 Å². The van der Waals surface area contributed by atoms with E-state index in [4.69, 9.17) is 4.74 Å². The first-order chi connectivity index (χ1) is 24.8. The van der Waals surface area contributed by atoms with Gasteiger partial charge in [-0.2, -0.15) is 5.48 Å². The number of carbonyl (C=O) groups excluding carboxylic acids is 1. The molecule has 6 rings (SSSR count). The minimum absolute atomic E-state index is 0.0647. The Hall–Kier alpha value is -5.04. The number of phenols is 1. The molecule has 5 aromatic rings. The zero-order valence-electron chi connectivity index (χ0n) is 28.8. The molecule has 1 fully saturated rings. The van der Waals surface area contributed by atoms with Crippen molar-refractivity contribution >= 4 is 22.5 Å². The smallest absolute Gasteiger partial charge is 0.262 e. The van der Waals surface area contributed by atoms with Gasteiger partial charge in [-0.3, -0.25) is 9.59 Å². The first-order valence-corrected chi connectivity index (χ1v) is 17.3. The van der Waals surface area contributed by atoms with Gasteiger partial charge in [0.2, 0.25) is 5.56 Å². The van der Waals surface area contributed by atoms with E-state index in [0.29, 0.717) is 28.9 Å². The summed E-state index contributed by atoms with van der Waals surface area (Å²) in [7, 11) is 0. The Morgan fingerprint density at radius 3 is 2.43 bits per heavy atom. The molecule has 0 radical (unpaired) electrons. The molecule has 2 atom stereocenters. The Kier molecular flexibility index (Phi) is 13.7. The van der Waals surface area contributed by atoms with E-state index < -0.39 is 12.1 Å². The summed E-state index contributed by atoms with van der Waals surface area (Å²) in [5, 5.41) is 40.5. The maximum Gasteiger partial charge on any atom is 0.262 e. The lowest BCUT2D eigenvalue weighted by atomic mass is 9.96. The second kappa shape index (κ2) is 18.8. The van der Waals surface area contributed by atoms with Gasteiger partial charge in [-0.1, -0.05) is 74.0 Å². The molecular formula is C40H47N5O6. The largest absolute Gasteiger partial charge is 0.506 e. The highest BCUT2D eigenvalue weighted by atomic mass is 16.5. The number of aromatic nitrogens is 1. The first kappa shape index (κ1) is 37.2. The molecule has 1 aromatic heterocycles. The van der Waals surface area contributed by atoms with E-state index in [1.165, 1.54) is 44.5 Å². The fourth-order valence-corrected chi connectivity index (χ4v) is 6.18.